The summed E-state index contributed by atoms with van der Waals surface area (Å²) in [5, 5.41) is 19.1. The molecule has 0 bridgehead atoms. The van der Waals surface area contributed by atoms with Crippen molar-refractivity contribution >= 4 is 21.8 Å². The van der Waals surface area contributed by atoms with Gasteiger partial charge < -0.3 is 14.0 Å². The molecule has 0 saturated carbocycles. The molecule has 0 aliphatic carbocycles. The molecule has 1 aromatic carbocycles. The monoisotopic (exact) mass is 291 g/mol. The van der Waals surface area contributed by atoms with E-state index >= 15 is 0 Å². The Morgan fingerprint density at radius 2 is 2.11 bits per heavy atom. The van der Waals surface area contributed by atoms with E-state index < -0.39 is 39.1 Å². The molecule has 1 aromatic rings. The van der Waals surface area contributed by atoms with Crippen LogP contribution in [0.3, 0.4) is 0 Å². The molecule has 1 rings (SSSR count). The molecule has 0 radical (unpaired) electrons. The number of carbonyl (C=O) groups is 1. The molecule has 0 heterocycles. The lowest BCUT2D eigenvalue weighted by atomic mass is 10.3. The molecular weight excluding hydrogens is 282 g/mol. The van der Waals surface area contributed by atoms with Gasteiger partial charge in [0.15, 0.2) is 6.61 Å². The number of aliphatic carboxylic acids is 1. The van der Waals surface area contributed by atoms with Crippen molar-refractivity contribution in [2.45, 2.75) is 0 Å². The SMILES string of the molecule is CS(=O)(=O)Oc1ccc([N+](=O)[O-])c(OCC(=O)O)c1. The van der Waals surface area contributed by atoms with Gasteiger partial charge in [0, 0.05) is 12.1 Å². The van der Waals surface area contributed by atoms with Gasteiger partial charge in [-0.3, -0.25) is 10.1 Å². The summed E-state index contributed by atoms with van der Waals surface area (Å²) in [6, 6.07) is 2.95. The number of nitro benzene ring substituents is 1. The molecule has 9 nitrogen and oxygen atoms in total. The summed E-state index contributed by atoms with van der Waals surface area (Å²) in [5.74, 6) is -1.94. The van der Waals surface area contributed by atoms with Crippen molar-refractivity contribution in [3.63, 3.8) is 0 Å². The van der Waals surface area contributed by atoms with E-state index in [1.54, 1.807) is 0 Å². The summed E-state index contributed by atoms with van der Waals surface area (Å²) in [5.41, 5.74) is -0.498. The van der Waals surface area contributed by atoms with Crippen molar-refractivity contribution in [3.8, 4) is 11.5 Å². The highest BCUT2D eigenvalue weighted by molar-refractivity contribution is 7.86. The fourth-order valence-corrected chi connectivity index (χ4v) is 1.58. The normalized spacial score (nSPS) is 10.8. The molecule has 10 heteroatoms. The van der Waals surface area contributed by atoms with E-state index in [-0.39, 0.29) is 5.75 Å². The smallest absolute Gasteiger partial charge is 0.341 e. The highest BCUT2D eigenvalue weighted by Gasteiger charge is 2.18. The molecule has 104 valence electrons. The van der Waals surface area contributed by atoms with Crippen LogP contribution in [0.5, 0.6) is 11.5 Å². The minimum absolute atomic E-state index is 0.214. The number of nitro groups is 1. The number of hydrogen-bond acceptors (Lipinski definition) is 7. The molecule has 0 saturated heterocycles. The number of carboxylic acids is 1. The molecule has 1 N–H and O–H groups in total. The number of rotatable bonds is 6. The standard InChI is InChI=1S/C9H9NO8S/c1-19(15,16)18-6-2-3-7(10(13)14)8(4-6)17-5-9(11)12/h2-4H,5H2,1H3,(H,11,12). The maximum Gasteiger partial charge on any atom is 0.341 e. The molecule has 19 heavy (non-hydrogen) atoms. The van der Waals surface area contributed by atoms with Gasteiger partial charge in [-0.2, -0.15) is 8.42 Å². The molecule has 0 spiro atoms. The largest absolute Gasteiger partial charge is 0.479 e. The Labute approximate surface area is 107 Å². The van der Waals surface area contributed by atoms with Gasteiger partial charge in [0.1, 0.15) is 5.75 Å². The first-order valence-corrected chi connectivity index (χ1v) is 6.53. The van der Waals surface area contributed by atoms with Gasteiger partial charge in [-0.15, -0.1) is 0 Å². The van der Waals surface area contributed by atoms with Crippen LogP contribution >= 0.6 is 0 Å². The Bertz CT molecular complexity index is 609. The van der Waals surface area contributed by atoms with Gasteiger partial charge in [-0.1, -0.05) is 0 Å². The van der Waals surface area contributed by atoms with Crippen molar-refractivity contribution in [1.29, 1.82) is 0 Å². The van der Waals surface area contributed by atoms with E-state index in [9.17, 15) is 23.3 Å². The first-order valence-electron chi connectivity index (χ1n) is 4.71. The minimum atomic E-state index is -3.80. The van der Waals surface area contributed by atoms with Gasteiger partial charge in [0.05, 0.1) is 11.2 Å². The van der Waals surface area contributed by atoms with E-state index in [1.807, 2.05) is 0 Å². The van der Waals surface area contributed by atoms with Gasteiger partial charge in [0.25, 0.3) is 0 Å². The average Bonchev–Trinajstić information content (AvgIpc) is 2.23. The fraction of sp³-hybridized carbons (Fsp3) is 0.222. The third-order valence-corrected chi connectivity index (χ3v) is 2.22. The Kier molecular flexibility index (Phi) is 4.27. The zero-order valence-corrected chi connectivity index (χ0v) is 10.4. The molecule has 0 amide bonds. The topological polar surface area (TPSA) is 133 Å². The highest BCUT2D eigenvalue weighted by Crippen LogP contribution is 2.31. The predicted molar refractivity (Wildman–Crippen MR) is 61.7 cm³/mol. The van der Waals surface area contributed by atoms with E-state index in [2.05, 4.69) is 4.18 Å². The fourth-order valence-electron chi connectivity index (χ4n) is 1.13. The molecule has 0 aromatic heterocycles. The van der Waals surface area contributed by atoms with E-state index in [4.69, 9.17) is 9.84 Å². The van der Waals surface area contributed by atoms with E-state index in [0.717, 1.165) is 24.5 Å². The minimum Gasteiger partial charge on any atom is -0.479 e. The lowest BCUT2D eigenvalue weighted by molar-refractivity contribution is -0.385. The Morgan fingerprint density at radius 3 is 2.58 bits per heavy atom. The van der Waals surface area contributed by atoms with Crippen molar-refractivity contribution in [2.24, 2.45) is 0 Å². The van der Waals surface area contributed by atoms with Crippen LogP contribution in [0.1, 0.15) is 0 Å². The van der Waals surface area contributed by atoms with Crippen LogP contribution in [0.25, 0.3) is 0 Å². The van der Waals surface area contributed by atoms with Gasteiger partial charge in [-0.05, 0) is 6.07 Å². The second-order valence-corrected chi connectivity index (χ2v) is 4.93. The summed E-state index contributed by atoms with van der Waals surface area (Å²) in [4.78, 5) is 20.2. The van der Waals surface area contributed by atoms with Crippen LogP contribution in [0, 0.1) is 10.1 Å². The second-order valence-electron chi connectivity index (χ2n) is 3.36. The first kappa shape index (κ1) is 14.7. The van der Waals surface area contributed by atoms with E-state index in [1.165, 1.54) is 0 Å². The third kappa shape index (κ3) is 4.79. The third-order valence-electron chi connectivity index (χ3n) is 1.73. The molecule has 0 fully saturated rings. The molecule has 0 aliphatic heterocycles. The maximum atomic E-state index is 10.9. The maximum absolute atomic E-state index is 10.9. The van der Waals surface area contributed by atoms with Crippen LogP contribution < -0.4 is 8.92 Å². The molecule has 0 atom stereocenters. The highest BCUT2D eigenvalue weighted by atomic mass is 32.2. The summed E-state index contributed by atoms with van der Waals surface area (Å²) in [6.07, 6.45) is 0.798. The number of carboxylic acid groups (broad SMARTS) is 1. The Balaban J connectivity index is 3.10. The van der Waals surface area contributed by atoms with Crippen LogP contribution in [0.15, 0.2) is 18.2 Å². The number of benzene rings is 1. The number of ether oxygens (including phenoxy) is 1. The predicted octanol–water partition coefficient (Wildman–Crippen LogP) is 0.397. The second kappa shape index (κ2) is 5.52. The quantitative estimate of drug-likeness (QED) is 0.452. The van der Waals surface area contributed by atoms with Gasteiger partial charge >= 0.3 is 21.8 Å². The van der Waals surface area contributed by atoms with Crippen molar-refractivity contribution in [3.05, 3.63) is 28.3 Å². The Hall–Kier alpha value is -2.36. The number of hydrogen-bond donors (Lipinski definition) is 1. The van der Waals surface area contributed by atoms with Crippen LogP contribution in [-0.2, 0) is 14.9 Å². The lowest BCUT2D eigenvalue weighted by Gasteiger charge is -2.07. The van der Waals surface area contributed by atoms with Crippen molar-refractivity contribution < 1.29 is 32.2 Å². The van der Waals surface area contributed by atoms with Gasteiger partial charge in [-0.25, -0.2) is 4.79 Å². The summed E-state index contributed by atoms with van der Waals surface area (Å²) in [6.45, 7) is -0.802. The lowest BCUT2D eigenvalue weighted by Crippen LogP contribution is -2.11. The molecule has 0 unspecified atom stereocenters. The summed E-state index contributed by atoms with van der Waals surface area (Å²) in [7, 11) is -3.80. The molecular formula is C9H9NO8S. The number of nitrogens with zero attached hydrogens (tertiary/aromatic N) is 1. The van der Waals surface area contributed by atoms with Gasteiger partial charge in [0.2, 0.25) is 5.75 Å². The van der Waals surface area contributed by atoms with Crippen molar-refractivity contribution in [2.75, 3.05) is 12.9 Å². The summed E-state index contributed by atoms with van der Waals surface area (Å²) >= 11 is 0. The zero-order chi connectivity index (χ0) is 14.6. The van der Waals surface area contributed by atoms with Crippen LogP contribution in [0.4, 0.5) is 5.69 Å². The summed E-state index contributed by atoms with van der Waals surface area (Å²) < 4.78 is 31.0. The van der Waals surface area contributed by atoms with Crippen LogP contribution in [-0.4, -0.2) is 37.3 Å². The van der Waals surface area contributed by atoms with E-state index in [0.29, 0.717) is 0 Å². The van der Waals surface area contributed by atoms with Crippen LogP contribution in [0.2, 0.25) is 0 Å². The first-order chi connectivity index (χ1) is 8.69. The molecule has 0 aliphatic rings. The zero-order valence-electron chi connectivity index (χ0n) is 9.60. The Morgan fingerprint density at radius 1 is 1.47 bits per heavy atom. The van der Waals surface area contributed by atoms with Crippen molar-refractivity contribution in [1.82, 2.24) is 0 Å². The average molecular weight is 291 g/mol.